The van der Waals surface area contributed by atoms with Gasteiger partial charge in [0.05, 0.1) is 17.9 Å². The van der Waals surface area contributed by atoms with Gasteiger partial charge in [0.25, 0.3) is 0 Å². The molecule has 1 aliphatic carbocycles. The standard InChI is InChI=1S/C12H21N5O/c1-3-6-17-12(11(13)8(2)16-17)14-7-10(18)15-9-4-5-9/h9,14H,3-7,13H2,1-2H3,(H,15,18). The minimum absolute atomic E-state index is 0.0128. The number of rotatable bonds is 6. The fourth-order valence-electron chi connectivity index (χ4n) is 1.83. The molecule has 0 spiro atoms. The SMILES string of the molecule is CCCn1nc(C)c(N)c1NCC(=O)NC1CC1. The maximum Gasteiger partial charge on any atom is 0.239 e. The quantitative estimate of drug-likeness (QED) is 0.700. The fourth-order valence-corrected chi connectivity index (χ4v) is 1.83. The van der Waals surface area contributed by atoms with Crippen molar-refractivity contribution in [2.75, 3.05) is 17.6 Å². The monoisotopic (exact) mass is 251 g/mol. The molecular weight excluding hydrogens is 230 g/mol. The number of carbonyl (C=O) groups is 1. The smallest absolute Gasteiger partial charge is 0.239 e. The van der Waals surface area contributed by atoms with Crippen molar-refractivity contribution in [1.29, 1.82) is 0 Å². The van der Waals surface area contributed by atoms with Crippen LogP contribution in [0.4, 0.5) is 11.5 Å². The summed E-state index contributed by atoms with van der Waals surface area (Å²) in [6.07, 6.45) is 3.17. The van der Waals surface area contributed by atoms with Crippen LogP contribution in [0.5, 0.6) is 0 Å². The second kappa shape index (κ2) is 5.29. The average molecular weight is 251 g/mol. The van der Waals surface area contributed by atoms with Gasteiger partial charge in [-0.05, 0) is 26.2 Å². The number of aryl methyl sites for hydroxylation is 2. The van der Waals surface area contributed by atoms with Gasteiger partial charge in [-0.3, -0.25) is 4.79 Å². The highest BCUT2D eigenvalue weighted by Gasteiger charge is 2.23. The van der Waals surface area contributed by atoms with Crippen LogP contribution < -0.4 is 16.4 Å². The molecule has 6 heteroatoms. The van der Waals surface area contributed by atoms with Crippen molar-refractivity contribution < 1.29 is 4.79 Å². The minimum Gasteiger partial charge on any atom is -0.394 e. The van der Waals surface area contributed by atoms with Crippen LogP contribution in [-0.2, 0) is 11.3 Å². The molecule has 1 aromatic heterocycles. The lowest BCUT2D eigenvalue weighted by atomic mass is 10.4. The normalized spacial score (nSPS) is 14.6. The Balaban J connectivity index is 1.95. The van der Waals surface area contributed by atoms with Crippen molar-refractivity contribution in [1.82, 2.24) is 15.1 Å². The second-order valence-corrected chi connectivity index (χ2v) is 4.77. The van der Waals surface area contributed by atoms with Gasteiger partial charge in [-0.25, -0.2) is 4.68 Å². The van der Waals surface area contributed by atoms with E-state index in [1.165, 1.54) is 0 Å². The molecule has 0 unspecified atom stereocenters. The molecule has 0 saturated heterocycles. The van der Waals surface area contributed by atoms with E-state index in [1.807, 2.05) is 11.6 Å². The van der Waals surface area contributed by atoms with Crippen LogP contribution in [0.1, 0.15) is 31.9 Å². The zero-order valence-electron chi connectivity index (χ0n) is 11.0. The van der Waals surface area contributed by atoms with Gasteiger partial charge in [0, 0.05) is 12.6 Å². The van der Waals surface area contributed by atoms with Crippen molar-refractivity contribution in [3.05, 3.63) is 5.69 Å². The number of amides is 1. The van der Waals surface area contributed by atoms with Crippen molar-refractivity contribution >= 4 is 17.4 Å². The molecule has 0 atom stereocenters. The molecule has 1 saturated carbocycles. The number of carbonyl (C=O) groups excluding carboxylic acids is 1. The largest absolute Gasteiger partial charge is 0.394 e. The molecule has 1 aliphatic rings. The van der Waals surface area contributed by atoms with Crippen molar-refractivity contribution in [3.8, 4) is 0 Å². The fraction of sp³-hybridized carbons (Fsp3) is 0.667. The van der Waals surface area contributed by atoms with Crippen LogP contribution in [0.2, 0.25) is 0 Å². The first-order chi connectivity index (χ1) is 8.61. The molecule has 0 bridgehead atoms. The summed E-state index contributed by atoms with van der Waals surface area (Å²) in [6, 6.07) is 0.388. The molecule has 0 aromatic carbocycles. The zero-order valence-corrected chi connectivity index (χ0v) is 11.0. The second-order valence-electron chi connectivity index (χ2n) is 4.77. The first-order valence-corrected chi connectivity index (χ1v) is 6.48. The number of hydrogen-bond donors (Lipinski definition) is 3. The van der Waals surface area contributed by atoms with Crippen LogP contribution in [-0.4, -0.2) is 28.3 Å². The number of nitrogens with one attached hydrogen (secondary N) is 2. The van der Waals surface area contributed by atoms with Gasteiger partial charge in [-0.2, -0.15) is 5.10 Å². The van der Waals surface area contributed by atoms with Gasteiger partial charge >= 0.3 is 0 Å². The van der Waals surface area contributed by atoms with Gasteiger partial charge < -0.3 is 16.4 Å². The van der Waals surface area contributed by atoms with Crippen LogP contribution in [0.3, 0.4) is 0 Å². The van der Waals surface area contributed by atoms with Crippen molar-refractivity contribution in [2.45, 2.75) is 45.7 Å². The Bertz CT molecular complexity index is 436. The summed E-state index contributed by atoms with van der Waals surface area (Å²) in [6.45, 7) is 4.99. The topological polar surface area (TPSA) is 85.0 Å². The lowest BCUT2D eigenvalue weighted by Gasteiger charge is -2.10. The Labute approximate surface area is 107 Å². The highest BCUT2D eigenvalue weighted by molar-refractivity contribution is 5.82. The molecular formula is C12H21N5O. The molecule has 4 N–H and O–H groups in total. The number of nitrogens with zero attached hydrogens (tertiary/aromatic N) is 2. The van der Waals surface area contributed by atoms with Gasteiger partial charge in [0.2, 0.25) is 5.91 Å². The summed E-state index contributed by atoms with van der Waals surface area (Å²) in [5, 5.41) is 10.4. The summed E-state index contributed by atoms with van der Waals surface area (Å²) in [7, 11) is 0. The molecule has 0 aliphatic heterocycles. The summed E-state index contributed by atoms with van der Waals surface area (Å²) < 4.78 is 1.83. The Morgan fingerprint density at radius 3 is 2.89 bits per heavy atom. The average Bonchev–Trinajstić information content (AvgIpc) is 3.08. The van der Waals surface area contributed by atoms with E-state index in [0.29, 0.717) is 11.7 Å². The molecule has 6 nitrogen and oxygen atoms in total. The van der Waals surface area contributed by atoms with Crippen molar-refractivity contribution in [2.24, 2.45) is 0 Å². The molecule has 100 valence electrons. The lowest BCUT2D eigenvalue weighted by Crippen LogP contribution is -2.32. The van der Waals surface area contributed by atoms with Crippen LogP contribution in [0, 0.1) is 6.92 Å². The minimum atomic E-state index is 0.0128. The third-order valence-electron chi connectivity index (χ3n) is 2.97. The van der Waals surface area contributed by atoms with Gasteiger partial charge in [-0.1, -0.05) is 6.92 Å². The first kappa shape index (κ1) is 12.7. The summed E-state index contributed by atoms with van der Waals surface area (Å²) >= 11 is 0. The molecule has 18 heavy (non-hydrogen) atoms. The molecule has 1 aromatic rings. The Morgan fingerprint density at radius 1 is 1.56 bits per heavy atom. The highest BCUT2D eigenvalue weighted by Crippen LogP contribution is 2.22. The van der Waals surface area contributed by atoms with Crippen molar-refractivity contribution in [3.63, 3.8) is 0 Å². The maximum absolute atomic E-state index is 11.6. The van der Waals surface area contributed by atoms with E-state index < -0.39 is 0 Å². The number of nitrogens with two attached hydrogens (primary N) is 1. The van der Waals surface area contributed by atoms with E-state index >= 15 is 0 Å². The summed E-state index contributed by atoms with van der Waals surface area (Å²) in [5.74, 6) is 0.763. The van der Waals surface area contributed by atoms with E-state index in [0.717, 1.165) is 37.3 Å². The van der Waals surface area contributed by atoms with E-state index in [2.05, 4.69) is 22.7 Å². The van der Waals surface area contributed by atoms with Gasteiger partial charge in [0.15, 0.2) is 0 Å². The van der Waals surface area contributed by atoms with Crippen LogP contribution in [0.15, 0.2) is 0 Å². The highest BCUT2D eigenvalue weighted by atomic mass is 16.2. The van der Waals surface area contributed by atoms with E-state index in [1.54, 1.807) is 0 Å². The summed E-state index contributed by atoms with van der Waals surface area (Å²) in [4.78, 5) is 11.6. The Morgan fingerprint density at radius 2 is 2.28 bits per heavy atom. The summed E-state index contributed by atoms with van der Waals surface area (Å²) in [5.41, 5.74) is 7.38. The predicted octanol–water partition coefficient (Wildman–Crippen LogP) is 0.874. The number of anilines is 2. The van der Waals surface area contributed by atoms with Gasteiger partial charge in [0.1, 0.15) is 5.82 Å². The Kier molecular flexibility index (Phi) is 3.74. The first-order valence-electron chi connectivity index (χ1n) is 6.48. The molecule has 1 amide bonds. The predicted molar refractivity (Wildman–Crippen MR) is 71.3 cm³/mol. The molecule has 1 fully saturated rings. The van der Waals surface area contributed by atoms with Gasteiger partial charge in [-0.15, -0.1) is 0 Å². The molecule has 0 radical (unpaired) electrons. The third kappa shape index (κ3) is 2.94. The Hall–Kier alpha value is -1.72. The number of aromatic nitrogens is 2. The molecule has 1 heterocycles. The van der Waals surface area contributed by atoms with Crippen LogP contribution in [0.25, 0.3) is 0 Å². The number of nitrogen functional groups attached to an aromatic ring is 1. The maximum atomic E-state index is 11.6. The van der Waals surface area contributed by atoms with E-state index in [4.69, 9.17) is 5.73 Å². The lowest BCUT2D eigenvalue weighted by molar-refractivity contribution is -0.119. The van der Waals surface area contributed by atoms with Crippen LogP contribution >= 0.6 is 0 Å². The third-order valence-corrected chi connectivity index (χ3v) is 2.97. The van der Waals surface area contributed by atoms with E-state index in [9.17, 15) is 4.79 Å². The van der Waals surface area contributed by atoms with E-state index in [-0.39, 0.29) is 12.5 Å². The molecule has 2 rings (SSSR count). The zero-order chi connectivity index (χ0) is 13.1. The number of hydrogen-bond acceptors (Lipinski definition) is 4.